The number of benzene rings is 3. The topological polar surface area (TPSA) is 186 Å². The average Bonchev–Trinajstić information content (AvgIpc) is 3.31. The summed E-state index contributed by atoms with van der Waals surface area (Å²) in [6.45, 7) is 16.0. The van der Waals surface area contributed by atoms with Gasteiger partial charge in [-0.1, -0.05) is 161 Å². The Morgan fingerprint density at radius 2 is 0.743 bits per heavy atom. The monoisotopic (exact) mass is 1070 g/mol. The van der Waals surface area contributed by atoms with Gasteiger partial charge in [0.2, 0.25) is 0 Å². The van der Waals surface area contributed by atoms with Crippen LogP contribution in [0.3, 0.4) is 0 Å². The Balaban J connectivity index is -0.000000107. The van der Waals surface area contributed by atoms with Crippen molar-refractivity contribution in [2.24, 2.45) is 23.5 Å². The van der Waals surface area contributed by atoms with Crippen LogP contribution in [0.2, 0.25) is 0 Å². The van der Waals surface area contributed by atoms with E-state index in [2.05, 4.69) is 114 Å². The fourth-order valence-electron chi connectivity index (χ4n) is 7.41. The van der Waals surface area contributed by atoms with Crippen molar-refractivity contribution in [3.05, 3.63) is 89.5 Å². The molecule has 0 radical (unpaired) electrons. The Kier molecular flexibility index (Phi) is 72.9. The van der Waals surface area contributed by atoms with Gasteiger partial charge in [-0.05, 0) is 135 Å². The third-order valence-corrected chi connectivity index (χ3v) is 14.7. The van der Waals surface area contributed by atoms with E-state index in [1.165, 1.54) is 126 Å². The molecular formula is C58H116ClN3O5S3. The first-order valence-electron chi connectivity index (χ1n) is 24.2. The number of nitrogens with two attached hydrogens (primary N) is 1. The fourth-order valence-corrected chi connectivity index (χ4v) is 11.0. The minimum absolute atomic E-state index is 0. The van der Waals surface area contributed by atoms with Gasteiger partial charge in [0.15, 0.2) is 0 Å². The van der Waals surface area contributed by atoms with Crippen molar-refractivity contribution >= 4 is 46.9 Å². The first-order chi connectivity index (χ1) is 31.1. The predicted octanol–water partition coefficient (Wildman–Crippen LogP) is 17.1. The highest BCUT2D eigenvalue weighted by molar-refractivity contribution is 7.99. The van der Waals surface area contributed by atoms with E-state index in [1.54, 1.807) is 0 Å². The van der Waals surface area contributed by atoms with Gasteiger partial charge < -0.3 is 31.6 Å². The van der Waals surface area contributed by atoms with Gasteiger partial charge >= 0.3 is 0 Å². The molecule has 0 aliphatic heterocycles. The molecule has 0 aliphatic rings. The molecule has 0 aliphatic carbocycles. The smallest absolute Gasteiger partial charge is 0.0715 e. The van der Waals surface area contributed by atoms with Crippen LogP contribution in [0.1, 0.15) is 187 Å². The van der Waals surface area contributed by atoms with Crippen LogP contribution in [0, 0.1) is 28.8 Å². The van der Waals surface area contributed by atoms with E-state index in [1.807, 2.05) is 42.2 Å². The van der Waals surface area contributed by atoms with Gasteiger partial charge in [-0.25, -0.2) is 11.1 Å². The second-order valence-electron chi connectivity index (χ2n) is 16.6. The Labute approximate surface area is 453 Å². The summed E-state index contributed by atoms with van der Waals surface area (Å²) in [6, 6.07) is 25.7. The normalized spacial score (nSPS) is 11.2. The number of halogens is 1. The van der Waals surface area contributed by atoms with E-state index in [-0.39, 0.29) is 50.1 Å². The van der Waals surface area contributed by atoms with E-state index in [4.69, 9.17) is 33.5 Å². The lowest BCUT2D eigenvalue weighted by Crippen LogP contribution is -2.21. The molecule has 0 aromatic heterocycles. The summed E-state index contributed by atoms with van der Waals surface area (Å²) in [7, 11) is 1.00. The van der Waals surface area contributed by atoms with Crippen molar-refractivity contribution in [3.8, 4) is 0 Å². The van der Waals surface area contributed by atoms with Crippen LogP contribution in [0.4, 0.5) is 0 Å². The molecule has 3 aromatic rings. The van der Waals surface area contributed by atoms with Gasteiger partial charge in [0.1, 0.15) is 0 Å². The number of rotatable bonds is 30. The summed E-state index contributed by atoms with van der Waals surface area (Å²) in [5.41, 5.74) is 19.1. The molecule has 10 N–H and O–H groups in total. The van der Waals surface area contributed by atoms with Gasteiger partial charge in [0.25, 0.3) is 0 Å². The van der Waals surface area contributed by atoms with Crippen molar-refractivity contribution < 1.29 is 27.3 Å². The summed E-state index contributed by atoms with van der Waals surface area (Å²) in [6.07, 6.45) is 17.5. The molecule has 3 rings (SSSR count). The molecule has 0 amide bonds. The van der Waals surface area contributed by atoms with Gasteiger partial charge in [0.05, 0.1) is 18.3 Å². The SMILES string of the molecule is C.C.C.C.C.CCCC(CCC)CSc1cccc(CC(O)CC)c1.CCCC(CCC)CSc1cccc(CC(O)CCl)c1.CCCC(CCC)CSc1cccc(CC(O)CN)c1.CO.N=N.O.[HH]. The van der Waals surface area contributed by atoms with E-state index >= 15 is 0 Å². The lowest BCUT2D eigenvalue weighted by Gasteiger charge is -2.15. The van der Waals surface area contributed by atoms with Crippen LogP contribution in [0.25, 0.3) is 0 Å². The summed E-state index contributed by atoms with van der Waals surface area (Å²) in [5, 5.41) is 36.0. The molecule has 3 atom stereocenters. The van der Waals surface area contributed by atoms with Crippen LogP contribution in [0.5, 0.6) is 0 Å². The van der Waals surface area contributed by atoms with Crippen molar-refractivity contribution in [1.29, 1.82) is 11.1 Å². The van der Waals surface area contributed by atoms with Crippen LogP contribution in [0.15, 0.2) is 87.5 Å². The highest BCUT2D eigenvalue weighted by Gasteiger charge is 2.12. The predicted molar refractivity (Wildman–Crippen MR) is 324 cm³/mol. The maximum absolute atomic E-state index is 9.75. The highest BCUT2D eigenvalue weighted by atomic mass is 35.5. The third kappa shape index (κ3) is 45.0. The van der Waals surface area contributed by atoms with Crippen molar-refractivity contribution in [1.82, 2.24) is 0 Å². The first kappa shape index (κ1) is 85.1. The van der Waals surface area contributed by atoms with E-state index in [0.29, 0.717) is 25.3 Å². The van der Waals surface area contributed by atoms with Crippen molar-refractivity contribution in [2.45, 2.75) is 221 Å². The molecule has 0 saturated carbocycles. The minimum Gasteiger partial charge on any atom is -0.412 e. The highest BCUT2D eigenvalue weighted by Crippen LogP contribution is 2.29. The molecule has 12 heteroatoms. The number of hydrogen-bond acceptors (Lipinski definition) is 10. The first-order valence-corrected chi connectivity index (χ1v) is 27.7. The minimum atomic E-state index is -0.440. The number of aliphatic hydroxyl groups excluding tert-OH is 4. The Hall–Kier alpha value is -1.64. The number of nitrogens with one attached hydrogen (secondary N) is 2. The van der Waals surface area contributed by atoms with E-state index in [0.717, 1.165) is 37.7 Å². The lowest BCUT2D eigenvalue weighted by atomic mass is 10.0. The average molecular weight is 1070 g/mol. The Morgan fingerprint density at radius 3 is 0.971 bits per heavy atom. The van der Waals surface area contributed by atoms with Crippen LogP contribution >= 0.6 is 46.9 Å². The molecule has 418 valence electrons. The lowest BCUT2D eigenvalue weighted by molar-refractivity contribution is 0.170. The molecule has 0 bridgehead atoms. The molecular weight excluding hydrogens is 950 g/mol. The van der Waals surface area contributed by atoms with Gasteiger partial charge in [-0.2, -0.15) is 0 Å². The maximum Gasteiger partial charge on any atom is 0.0715 e. The molecule has 0 spiro atoms. The quantitative estimate of drug-likeness (QED) is 0.0195. The zero-order valence-corrected chi connectivity index (χ0v) is 44.9. The number of hydrogen-bond donors (Lipinski definition) is 7. The zero-order chi connectivity index (χ0) is 48.4. The van der Waals surface area contributed by atoms with Gasteiger partial charge in [-0.3, -0.25) is 0 Å². The van der Waals surface area contributed by atoms with Crippen LogP contribution in [-0.4, -0.2) is 81.0 Å². The van der Waals surface area contributed by atoms with E-state index < -0.39 is 12.2 Å². The molecule has 0 heterocycles. The van der Waals surface area contributed by atoms with Crippen LogP contribution in [-0.2, 0) is 19.3 Å². The second kappa shape index (κ2) is 59.9. The van der Waals surface area contributed by atoms with E-state index in [9.17, 15) is 15.3 Å². The summed E-state index contributed by atoms with van der Waals surface area (Å²) < 4.78 is 0. The fraction of sp³-hybridized carbons (Fsp3) is 0.690. The number of thioether (sulfide) groups is 3. The molecule has 8 nitrogen and oxygen atoms in total. The Bertz CT molecular complexity index is 1300. The molecule has 70 heavy (non-hydrogen) atoms. The standard InChI is InChI=1S/C18H30OS.C17H27ClOS.C17H29NOS.CH4O.5CH4.H2N2.H2O.H2/c1-4-8-15(9-5-2)14-20-18-11-7-10-16(13-18)12-17(19)6-3;2*1-3-6-14(7-4-2)13-20-17-9-5-8-15(11-17)10-16(19)12-18;1-2;;;;;;1-2;;/h7,10-11,13,15,17,19H,4-6,8-9,12,14H2,1-3H3;5,8-9,11,14,16,19H,3-4,6-7,10,12-13H2,1-2H3;5,8-9,11,14,16,19H,3-4,6-7,10,12-13,18H2,1-2H3;2H,1H3;5*1H4;1-2H;1H2;1H. The summed E-state index contributed by atoms with van der Waals surface area (Å²) >= 11 is 11.5. The Morgan fingerprint density at radius 1 is 0.486 bits per heavy atom. The van der Waals surface area contributed by atoms with Gasteiger partial charge in [-0.15, -0.1) is 46.9 Å². The molecule has 3 unspecified atom stereocenters. The molecule has 0 fully saturated rings. The largest absolute Gasteiger partial charge is 0.412 e. The number of alkyl halides is 1. The maximum atomic E-state index is 9.75. The zero-order valence-electron chi connectivity index (χ0n) is 41.7. The van der Waals surface area contributed by atoms with Gasteiger partial charge in [0, 0.05) is 52.9 Å². The van der Waals surface area contributed by atoms with Crippen LogP contribution < -0.4 is 5.73 Å². The van der Waals surface area contributed by atoms with Crippen molar-refractivity contribution in [2.75, 3.05) is 36.8 Å². The number of aliphatic hydroxyl groups is 4. The second-order valence-corrected chi connectivity index (χ2v) is 20.2. The summed E-state index contributed by atoms with van der Waals surface area (Å²) in [4.78, 5) is 3.97. The summed E-state index contributed by atoms with van der Waals surface area (Å²) in [5.74, 6) is 6.42. The molecule has 3 aromatic carbocycles. The molecule has 0 saturated heterocycles. The van der Waals surface area contributed by atoms with Crippen molar-refractivity contribution in [3.63, 3.8) is 0 Å². The third-order valence-electron chi connectivity index (χ3n) is 10.7.